The number of nitrogens with zero attached hydrogens (tertiary/aromatic N) is 1. The second kappa shape index (κ2) is 4.33. The van der Waals surface area contributed by atoms with Crippen LogP contribution >= 0.6 is 0 Å². The number of hydrogen-bond donors (Lipinski definition) is 2. The van der Waals surface area contributed by atoms with Crippen molar-refractivity contribution in [1.29, 1.82) is 0 Å². The molecule has 2 aliphatic rings. The molecule has 17 heavy (non-hydrogen) atoms. The summed E-state index contributed by atoms with van der Waals surface area (Å²) in [7, 11) is 0. The Labute approximate surface area is 101 Å². The largest absolute Gasteiger partial charge is 0.304 e. The second-order valence-corrected chi connectivity index (χ2v) is 5.43. The predicted molar refractivity (Wildman–Crippen MR) is 67.0 cm³/mol. The van der Waals surface area contributed by atoms with Crippen LogP contribution in [-0.4, -0.2) is 9.78 Å². The van der Waals surface area contributed by atoms with Gasteiger partial charge in [0.2, 0.25) is 0 Å². The average Bonchev–Trinajstić information content (AvgIpc) is 2.71. The Balaban J connectivity index is 1.93. The van der Waals surface area contributed by atoms with Gasteiger partial charge in [-0.1, -0.05) is 25.7 Å². The molecule has 1 aromatic heterocycles. The van der Waals surface area contributed by atoms with Crippen molar-refractivity contribution < 1.29 is 0 Å². The minimum atomic E-state index is 0.209. The fraction of sp³-hybridized carbons (Fsp3) is 0.769. The summed E-state index contributed by atoms with van der Waals surface area (Å²) >= 11 is 0. The molecule has 0 aromatic carbocycles. The maximum Gasteiger partial charge on any atom is 0.271 e. The van der Waals surface area contributed by atoms with Gasteiger partial charge >= 0.3 is 0 Å². The van der Waals surface area contributed by atoms with Gasteiger partial charge in [-0.05, 0) is 19.8 Å². The van der Waals surface area contributed by atoms with Gasteiger partial charge in [-0.25, -0.2) is 4.68 Å². The predicted octanol–water partition coefficient (Wildman–Crippen LogP) is 2.24. The van der Waals surface area contributed by atoms with E-state index in [4.69, 9.17) is 0 Å². The van der Waals surface area contributed by atoms with E-state index in [9.17, 15) is 4.79 Å². The van der Waals surface area contributed by atoms with Crippen LogP contribution in [0.2, 0.25) is 0 Å². The second-order valence-electron chi connectivity index (χ2n) is 5.43. The lowest BCUT2D eigenvalue weighted by Crippen LogP contribution is -2.26. The van der Waals surface area contributed by atoms with Crippen LogP contribution < -0.4 is 10.9 Å². The molecule has 1 atom stereocenters. The van der Waals surface area contributed by atoms with E-state index in [1.54, 1.807) is 0 Å². The van der Waals surface area contributed by atoms with Crippen molar-refractivity contribution in [2.75, 3.05) is 0 Å². The summed E-state index contributed by atoms with van der Waals surface area (Å²) in [6.45, 7) is 2.88. The summed E-state index contributed by atoms with van der Waals surface area (Å²) in [4.78, 5) is 12.4. The molecule has 1 saturated carbocycles. The Bertz CT molecular complexity index is 452. The average molecular weight is 235 g/mol. The highest BCUT2D eigenvalue weighted by Gasteiger charge is 2.27. The molecular formula is C13H21N3O. The Morgan fingerprint density at radius 1 is 1.18 bits per heavy atom. The van der Waals surface area contributed by atoms with Crippen LogP contribution in [0.4, 0.5) is 0 Å². The standard InChI is InChI=1S/C13H21N3O/c1-9-12-11(8-14-9)15-16(13(12)17)10-6-4-2-3-5-7-10/h9-10,14-15H,2-8H2,1H3. The van der Waals surface area contributed by atoms with E-state index >= 15 is 0 Å². The van der Waals surface area contributed by atoms with Gasteiger partial charge in [0.1, 0.15) is 0 Å². The summed E-state index contributed by atoms with van der Waals surface area (Å²) in [6, 6.07) is 0.614. The van der Waals surface area contributed by atoms with Gasteiger partial charge < -0.3 is 5.32 Å². The highest BCUT2D eigenvalue weighted by atomic mass is 16.1. The molecule has 0 radical (unpaired) electrons. The van der Waals surface area contributed by atoms with Crippen molar-refractivity contribution in [3.63, 3.8) is 0 Å². The minimum Gasteiger partial charge on any atom is -0.304 e. The lowest BCUT2D eigenvalue weighted by molar-refractivity contribution is 0.389. The highest BCUT2D eigenvalue weighted by Crippen LogP contribution is 2.27. The van der Waals surface area contributed by atoms with Gasteiger partial charge in [0.15, 0.2) is 0 Å². The Morgan fingerprint density at radius 3 is 2.53 bits per heavy atom. The molecule has 3 rings (SSSR count). The molecule has 2 heterocycles. The number of H-pyrrole nitrogens is 1. The van der Waals surface area contributed by atoms with Gasteiger partial charge in [0.25, 0.3) is 5.56 Å². The zero-order valence-corrected chi connectivity index (χ0v) is 10.5. The summed E-state index contributed by atoms with van der Waals surface area (Å²) < 4.78 is 1.91. The maximum absolute atomic E-state index is 12.4. The van der Waals surface area contributed by atoms with Crippen LogP contribution in [0.3, 0.4) is 0 Å². The number of aromatic nitrogens is 2. The van der Waals surface area contributed by atoms with Gasteiger partial charge in [0.05, 0.1) is 17.3 Å². The summed E-state index contributed by atoms with van der Waals surface area (Å²) in [6.07, 6.45) is 7.47. The van der Waals surface area contributed by atoms with Crippen molar-refractivity contribution >= 4 is 0 Å². The fourth-order valence-electron chi connectivity index (χ4n) is 3.23. The molecule has 94 valence electrons. The van der Waals surface area contributed by atoms with Gasteiger partial charge in [-0.3, -0.25) is 9.89 Å². The van der Waals surface area contributed by atoms with Gasteiger partial charge in [0, 0.05) is 12.6 Å². The Kier molecular flexibility index (Phi) is 2.82. The Hall–Kier alpha value is -1.03. The summed E-state index contributed by atoms with van der Waals surface area (Å²) in [5.41, 5.74) is 2.28. The van der Waals surface area contributed by atoms with Crippen LogP contribution in [0.1, 0.15) is 68.8 Å². The number of nitrogens with one attached hydrogen (secondary N) is 2. The van der Waals surface area contributed by atoms with E-state index in [1.807, 2.05) is 4.68 Å². The molecule has 4 nitrogen and oxygen atoms in total. The first-order chi connectivity index (χ1) is 8.27. The quantitative estimate of drug-likeness (QED) is 0.733. The fourth-order valence-corrected chi connectivity index (χ4v) is 3.23. The lowest BCUT2D eigenvalue weighted by atomic mass is 10.1. The van der Waals surface area contributed by atoms with Crippen molar-refractivity contribution in [3.05, 3.63) is 21.6 Å². The van der Waals surface area contributed by atoms with Crippen LogP contribution in [0, 0.1) is 0 Å². The summed E-state index contributed by atoms with van der Waals surface area (Å²) in [5.74, 6) is 0. The third-order valence-corrected chi connectivity index (χ3v) is 4.24. The van der Waals surface area contributed by atoms with E-state index in [0.717, 1.165) is 30.6 Å². The zero-order chi connectivity index (χ0) is 11.8. The van der Waals surface area contributed by atoms with Crippen LogP contribution in [0.5, 0.6) is 0 Å². The molecular weight excluding hydrogens is 214 g/mol. The van der Waals surface area contributed by atoms with E-state index < -0.39 is 0 Å². The number of fused-ring (bicyclic) bond motifs is 1. The first-order valence-electron chi connectivity index (χ1n) is 6.84. The monoisotopic (exact) mass is 235 g/mol. The molecule has 0 spiro atoms. The van der Waals surface area contributed by atoms with Crippen molar-refractivity contribution in [3.8, 4) is 0 Å². The van der Waals surface area contributed by atoms with Crippen molar-refractivity contribution in [2.24, 2.45) is 0 Å². The van der Waals surface area contributed by atoms with Crippen LogP contribution in [0.15, 0.2) is 4.79 Å². The summed E-state index contributed by atoms with van der Waals surface area (Å²) in [5, 5.41) is 6.64. The molecule has 0 bridgehead atoms. The van der Waals surface area contributed by atoms with Gasteiger partial charge in [-0.15, -0.1) is 0 Å². The first-order valence-corrected chi connectivity index (χ1v) is 6.84. The molecule has 1 unspecified atom stereocenters. The van der Waals surface area contributed by atoms with E-state index in [2.05, 4.69) is 17.3 Å². The lowest BCUT2D eigenvalue weighted by Gasteiger charge is -2.15. The first kappa shape index (κ1) is 11.1. The smallest absolute Gasteiger partial charge is 0.271 e. The number of aromatic amines is 1. The molecule has 4 heteroatoms. The molecule has 1 fully saturated rings. The van der Waals surface area contributed by atoms with E-state index in [-0.39, 0.29) is 11.6 Å². The van der Waals surface area contributed by atoms with Crippen LogP contribution in [-0.2, 0) is 6.54 Å². The maximum atomic E-state index is 12.4. The van der Waals surface area contributed by atoms with E-state index in [0.29, 0.717) is 6.04 Å². The van der Waals surface area contributed by atoms with E-state index in [1.165, 1.54) is 25.7 Å². The molecule has 0 amide bonds. The number of rotatable bonds is 1. The van der Waals surface area contributed by atoms with Crippen molar-refractivity contribution in [2.45, 2.75) is 64.1 Å². The Morgan fingerprint density at radius 2 is 1.88 bits per heavy atom. The highest BCUT2D eigenvalue weighted by molar-refractivity contribution is 5.25. The SMILES string of the molecule is CC1NCc2[nH]n(C3CCCCCC3)c(=O)c21. The molecule has 1 aliphatic carbocycles. The third-order valence-electron chi connectivity index (χ3n) is 4.24. The third kappa shape index (κ3) is 1.84. The zero-order valence-electron chi connectivity index (χ0n) is 10.5. The molecule has 0 saturated heterocycles. The number of hydrogen-bond acceptors (Lipinski definition) is 2. The molecule has 1 aliphatic heterocycles. The molecule has 2 N–H and O–H groups in total. The minimum absolute atomic E-state index is 0.209. The van der Waals surface area contributed by atoms with Gasteiger partial charge in [-0.2, -0.15) is 0 Å². The molecule has 1 aromatic rings. The topological polar surface area (TPSA) is 49.8 Å². The normalized spacial score (nSPS) is 25.8. The van der Waals surface area contributed by atoms with Crippen LogP contribution in [0.25, 0.3) is 0 Å². The van der Waals surface area contributed by atoms with Crippen molar-refractivity contribution in [1.82, 2.24) is 15.1 Å².